The minimum absolute atomic E-state index is 0.000150. The van der Waals surface area contributed by atoms with E-state index >= 15 is 0 Å². The molecule has 23 heavy (non-hydrogen) atoms. The highest BCUT2D eigenvalue weighted by Gasteiger charge is 2.22. The minimum atomic E-state index is -0.000150. The van der Waals surface area contributed by atoms with Crippen LogP contribution in [0.4, 0.5) is 0 Å². The molecular weight excluding hydrogens is 339 g/mol. The fraction of sp³-hybridized carbons (Fsp3) is 0.400. The van der Waals surface area contributed by atoms with Crippen LogP contribution in [-0.4, -0.2) is 46.6 Å². The standard InChI is InChI=1S/C15H16Cl2N4O2/c1-9-8-21(5-4-18-9)14(22)7-13-19-15(23-20-13)10-2-3-11(16)12(17)6-10/h2-3,6,9,18H,4-5,7-8H2,1H3. The Hall–Kier alpha value is -1.63. The van der Waals surface area contributed by atoms with Gasteiger partial charge in [0.25, 0.3) is 5.89 Å². The lowest BCUT2D eigenvalue weighted by Crippen LogP contribution is -2.51. The first kappa shape index (κ1) is 16.2. The average molecular weight is 355 g/mol. The van der Waals surface area contributed by atoms with Gasteiger partial charge in [0.2, 0.25) is 5.91 Å². The highest BCUT2D eigenvalue weighted by Crippen LogP contribution is 2.27. The molecular formula is C15H16Cl2N4O2. The molecule has 6 nitrogen and oxygen atoms in total. The molecule has 1 aromatic heterocycles. The summed E-state index contributed by atoms with van der Waals surface area (Å²) in [6.07, 6.45) is 0.123. The zero-order valence-electron chi connectivity index (χ0n) is 12.6. The van der Waals surface area contributed by atoms with Gasteiger partial charge in [-0.25, -0.2) is 0 Å². The molecule has 1 amide bonds. The molecule has 1 saturated heterocycles. The van der Waals surface area contributed by atoms with Crippen molar-refractivity contribution in [2.24, 2.45) is 0 Å². The van der Waals surface area contributed by atoms with Gasteiger partial charge in [-0.05, 0) is 25.1 Å². The minimum Gasteiger partial charge on any atom is -0.339 e. The predicted octanol–water partition coefficient (Wildman–Crippen LogP) is 2.41. The van der Waals surface area contributed by atoms with Crippen molar-refractivity contribution >= 4 is 29.1 Å². The maximum Gasteiger partial charge on any atom is 0.257 e. The number of aromatic nitrogens is 2. The molecule has 0 spiro atoms. The summed E-state index contributed by atoms with van der Waals surface area (Å²) in [5, 5.41) is 8.04. The zero-order chi connectivity index (χ0) is 16.4. The molecule has 1 aromatic carbocycles. The van der Waals surface area contributed by atoms with Crippen molar-refractivity contribution < 1.29 is 9.32 Å². The van der Waals surface area contributed by atoms with Gasteiger partial charge in [-0.1, -0.05) is 28.4 Å². The summed E-state index contributed by atoms with van der Waals surface area (Å²) in [7, 11) is 0. The molecule has 2 aromatic rings. The Kier molecular flexibility index (Phi) is 4.84. The van der Waals surface area contributed by atoms with Crippen molar-refractivity contribution in [2.75, 3.05) is 19.6 Å². The Morgan fingerprint density at radius 1 is 1.43 bits per heavy atom. The average Bonchev–Trinajstić information content (AvgIpc) is 2.98. The number of halogens is 2. The monoisotopic (exact) mass is 354 g/mol. The van der Waals surface area contributed by atoms with Gasteiger partial charge in [-0.3, -0.25) is 4.79 Å². The first-order chi connectivity index (χ1) is 11.0. The number of carbonyl (C=O) groups excluding carboxylic acids is 1. The van der Waals surface area contributed by atoms with Crippen LogP contribution in [-0.2, 0) is 11.2 Å². The molecule has 1 N–H and O–H groups in total. The molecule has 0 bridgehead atoms. The lowest BCUT2D eigenvalue weighted by molar-refractivity contribution is -0.131. The molecule has 1 aliphatic rings. The van der Waals surface area contributed by atoms with Crippen LogP contribution < -0.4 is 5.32 Å². The topological polar surface area (TPSA) is 71.3 Å². The quantitative estimate of drug-likeness (QED) is 0.916. The molecule has 1 atom stereocenters. The Labute approximate surface area is 143 Å². The first-order valence-corrected chi connectivity index (χ1v) is 8.07. The summed E-state index contributed by atoms with van der Waals surface area (Å²) in [6.45, 7) is 4.24. The molecule has 0 aliphatic carbocycles. The van der Waals surface area contributed by atoms with E-state index in [-0.39, 0.29) is 12.3 Å². The van der Waals surface area contributed by atoms with Crippen LogP contribution in [0, 0.1) is 0 Å². The number of hydrogen-bond acceptors (Lipinski definition) is 5. The van der Waals surface area contributed by atoms with Crippen LogP contribution in [0.1, 0.15) is 12.7 Å². The predicted molar refractivity (Wildman–Crippen MR) is 87.5 cm³/mol. The number of carbonyl (C=O) groups is 1. The summed E-state index contributed by atoms with van der Waals surface area (Å²) < 4.78 is 5.21. The van der Waals surface area contributed by atoms with E-state index in [2.05, 4.69) is 22.4 Å². The van der Waals surface area contributed by atoms with Crippen molar-refractivity contribution in [3.05, 3.63) is 34.1 Å². The summed E-state index contributed by atoms with van der Waals surface area (Å²) in [6, 6.07) is 5.35. The highest BCUT2D eigenvalue weighted by molar-refractivity contribution is 6.42. The molecule has 1 aliphatic heterocycles. The second-order valence-electron chi connectivity index (χ2n) is 5.52. The van der Waals surface area contributed by atoms with E-state index in [1.807, 2.05) is 4.90 Å². The molecule has 3 rings (SSSR count). The molecule has 1 unspecified atom stereocenters. The van der Waals surface area contributed by atoms with Crippen LogP contribution in [0.5, 0.6) is 0 Å². The van der Waals surface area contributed by atoms with Gasteiger partial charge in [0.05, 0.1) is 16.5 Å². The maximum atomic E-state index is 12.3. The fourth-order valence-electron chi connectivity index (χ4n) is 2.48. The number of hydrogen-bond donors (Lipinski definition) is 1. The largest absolute Gasteiger partial charge is 0.339 e. The lowest BCUT2D eigenvalue weighted by atomic mass is 10.2. The van der Waals surface area contributed by atoms with Gasteiger partial charge < -0.3 is 14.7 Å². The number of benzene rings is 1. The van der Waals surface area contributed by atoms with Gasteiger partial charge in [0.1, 0.15) is 0 Å². The molecule has 1 fully saturated rings. The summed E-state index contributed by atoms with van der Waals surface area (Å²) in [5.74, 6) is 0.683. The normalized spacial score (nSPS) is 18.2. The summed E-state index contributed by atoms with van der Waals surface area (Å²) in [4.78, 5) is 18.4. The van der Waals surface area contributed by atoms with Crippen LogP contribution in [0.3, 0.4) is 0 Å². The van der Waals surface area contributed by atoms with Gasteiger partial charge >= 0.3 is 0 Å². The van der Waals surface area contributed by atoms with E-state index in [0.717, 1.165) is 6.54 Å². The van der Waals surface area contributed by atoms with Crippen LogP contribution >= 0.6 is 23.2 Å². The van der Waals surface area contributed by atoms with E-state index in [0.29, 0.717) is 46.5 Å². The molecule has 0 radical (unpaired) electrons. The van der Waals surface area contributed by atoms with Crippen LogP contribution in [0.2, 0.25) is 10.0 Å². The third-order valence-electron chi connectivity index (χ3n) is 3.67. The number of rotatable bonds is 3. The lowest BCUT2D eigenvalue weighted by Gasteiger charge is -2.31. The Morgan fingerprint density at radius 2 is 2.26 bits per heavy atom. The first-order valence-electron chi connectivity index (χ1n) is 7.32. The summed E-state index contributed by atoms with van der Waals surface area (Å²) >= 11 is 11.9. The van der Waals surface area contributed by atoms with Gasteiger partial charge in [-0.15, -0.1) is 0 Å². The van der Waals surface area contributed by atoms with E-state index in [1.165, 1.54) is 0 Å². The number of nitrogens with one attached hydrogen (secondary N) is 1. The summed E-state index contributed by atoms with van der Waals surface area (Å²) in [5.41, 5.74) is 0.668. The molecule has 2 heterocycles. The third kappa shape index (κ3) is 3.83. The van der Waals surface area contributed by atoms with Gasteiger partial charge in [0, 0.05) is 31.2 Å². The number of amides is 1. The molecule has 0 saturated carbocycles. The van der Waals surface area contributed by atoms with Gasteiger partial charge in [0.15, 0.2) is 5.82 Å². The Morgan fingerprint density at radius 3 is 3.00 bits per heavy atom. The van der Waals surface area contributed by atoms with E-state index in [1.54, 1.807) is 18.2 Å². The Balaban J connectivity index is 1.69. The molecule has 8 heteroatoms. The van der Waals surface area contributed by atoms with Crippen molar-refractivity contribution in [3.63, 3.8) is 0 Å². The van der Waals surface area contributed by atoms with Crippen molar-refractivity contribution in [1.82, 2.24) is 20.4 Å². The fourth-order valence-corrected chi connectivity index (χ4v) is 2.78. The maximum absolute atomic E-state index is 12.3. The van der Waals surface area contributed by atoms with Crippen LogP contribution in [0.25, 0.3) is 11.5 Å². The smallest absolute Gasteiger partial charge is 0.257 e. The van der Waals surface area contributed by atoms with Crippen molar-refractivity contribution in [2.45, 2.75) is 19.4 Å². The van der Waals surface area contributed by atoms with Crippen LogP contribution in [0.15, 0.2) is 22.7 Å². The van der Waals surface area contributed by atoms with Crippen molar-refractivity contribution in [1.29, 1.82) is 0 Å². The number of nitrogens with zero attached hydrogens (tertiary/aromatic N) is 3. The second-order valence-corrected chi connectivity index (χ2v) is 6.33. The van der Waals surface area contributed by atoms with E-state index < -0.39 is 0 Å². The molecule has 122 valence electrons. The van der Waals surface area contributed by atoms with E-state index in [9.17, 15) is 4.79 Å². The third-order valence-corrected chi connectivity index (χ3v) is 4.40. The second kappa shape index (κ2) is 6.86. The van der Waals surface area contributed by atoms with E-state index in [4.69, 9.17) is 27.7 Å². The highest BCUT2D eigenvalue weighted by atomic mass is 35.5. The SMILES string of the molecule is CC1CN(C(=O)Cc2noc(-c3ccc(Cl)c(Cl)c3)n2)CCN1. The van der Waals surface area contributed by atoms with Crippen molar-refractivity contribution in [3.8, 4) is 11.5 Å². The Bertz CT molecular complexity index is 719. The van der Waals surface area contributed by atoms with Gasteiger partial charge in [-0.2, -0.15) is 4.98 Å². The zero-order valence-corrected chi connectivity index (χ0v) is 14.1. The number of piperazine rings is 1.